The highest BCUT2D eigenvalue weighted by Crippen LogP contribution is 2.25. The molecule has 0 fully saturated rings. The molecule has 0 aromatic carbocycles. The van der Waals surface area contributed by atoms with Crippen LogP contribution in [0.25, 0.3) is 0 Å². The van der Waals surface area contributed by atoms with Crippen molar-refractivity contribution in [2.45, 2.75) is 70.4 Å². The van der Waals surface area contributed by atoms with Crippen molar-refractivity contribution in [3.05, 3.63) is 12.2 Å². The van der Waals surface area contributed by atoms with Gasteiger partial charge in [0, 0.05) is 12.0 Å². The molecule has 0 heterocycles. The standard InChI is InChI=1S/C16H28O7/c1-5-7-12(18)16(22,8-6-2)14(20)13(19)11(17)9-23-15(21)10(3)4/h11,13-14,17,19-20,22H,3,5-9H2,1-2,4H3. The van der Waals surface area contributed by atoms with E-state index in [1.54, 1.807) is 13.8 Å². The normalized spacial score (nSPS) is 17.7. The van der Waals surface area contributed by atoms with E-state index in [2.05, 4.69) is 6.58 Å². The zero-order valence-corrected chi connectivity index (χ0v) is 14.0. The van der Waals surface area contributed by atoms with Gasteiger partial charge in [-0.15, -0.1) is 0 Å². The minimum atomic E-state index is -2.15. The number of hydrogen-bond acceptors (Lipinski definition) is 7. The van der Waals surface area contributed by atoms with Crippen LogP contribution < -0.4 is 0 Å². The summed E-state index contributed by atoms with van der Waals surface area (Å²) in [5, 5.41) is 40.5. The summed E-state index contributed by atoms with van der Waals surface area (Å²) in [5.74, 6) is -1.35. The molecule has 7 nitrogen and oxygen atoms in total. The number of esters is 1. The number of carbonyl (C=O) groups excluding carboxylic acids is 2. The molecule has 4 unspecified atom stereocenters. The zero-order chi connectivity index (χ0) is 18.2. The monoisotopic (exact) mass is 332 g/mol. The lowest BCUT2D eigenvalue weighted by Gasteiger charge is -2.35. The Labute approximate surface area is 136 Å². The van der Waals surface area contributed by atoms with E-state index in [-0.39, 0.29) is 18.4 Å². The Morgan fingerprint density at radius 3 is 2.17 bits per heavy atom. The van der Waals surface area contributed by atoms with E-state index in [1.165, 1.54) is 6.92 Å². The van der Waals surface area contributed by atoms with E-state index >= 15 is 0 Å². The fourth-order valence-electron chi connectivity index (χ4n) is 2.15. The molecule has 0 aromatic rings. The number of aliphatic hydroxyl groups excluding tert-OH is 3. The predicted octanol–water partition coefficient (Wildman–Crippen LogP) is 0.0888. The van der Waals surface area contributed by atoms with E-state index in [0.29, 0.717) is 12.8 Å². The van der Waals surface area contributed by atoms with Crippen LogP contribution in [0.3, 0.4) is 0 Å². The van der Waals surface area contributed by atoms with Gasteiger partial charge in [0.2, 0.25) is 0 Å². The van der Waals surface area contributed by atoms with Gasteiger partial charge < -0.3 is 25.2 Å². The summed E-state index contributed by atoms with van der Waals surface area (Å²) in [7, 11) is 0. The third kappa shape index (κ3) is 6.02. The SMILES string of the molecule is C=C(C)C(=O)OCC(O)C(O)C(O)C(O)(CCC)C(=O)CCC. The summed E-state index contributed by atoms with van der Waals surface area (Å²) in [5.41, 5.74) is -2.03. The Balaban J connectivity index is 4.97. The van der Waals surface area contributed by atoms with Gasteiger partial charge in [-0.25, -0.2) is 4.79 Å². The number of ketones is 1. The number of ether oxygens (including phenoxy) is 1. The van der Waals surface area contributed by atoms with Crippen LogP contribution in [-0.4, -0.2) is 62.7 Å². The molecule has 0 amide bonds. The lowest BCUT2D eigenvalue weighted by Crippen LogP contribution is -2.58. The second-order valence-electron chi connectivity index (χ2n) is 5.73. The van der Waals surface area contributed by atoms with Crippen LogP contribution >= 0.6 is 0 Å². The molecule has 0 bridgehead atoms. The highest BCUT2D eigenvalue weighted by atomic mass is 16.5. The first kappa shape index (κ1) is 21.7. The van der Waals surface area contributed by atoms with Crippen molar-refractivity contribution in [3.63, 3.8) is 0 Å². The van der Waals surface area contributed by atoms with Crippen LogP contribution in [-0.2, 0) is 14.3 Å². The molecule has 134 valence electrons. The molecule has 4 atom stereocenters. The minimum Gasteiger partial charge on any atom is -0.459 e. The van der Waals surface area contributed by atoms with Gasteiger partial charge in [-0.2, -0.15) is 0 Å². The first-order valence-electron chi connectivity index (χ1n) is 7.74. The fourth-order valence-corrected chi connectivity index (χ4v) is 2.15. The van der Waals surface area contributed by atoms with E-state index in [9.17, 15) is 30.0 Å². The number of aliphatic hydroxyl groups is 4. The summed E-state index contributed by atoms with van der Waals surface area (Å²) in [6.45, 7) is 7.66. The van der Waals surface area contributed by atoms with E-state index in [1.807, 2.05) is 0 Å². The van der Waals surface area contributed by atoms with E-state index < -0.39 is 42.3 Å². The van der Waals surface area contributed by atoms with Gasteiger partial charge in [0.05, 0.1) is 0 Å². The molecule has 7 heteroatoms. The van der Waals surface area contributed by atoms with Gasteiger partial charge in [0.1, 0.15) is 24.9 Å². The van der Waals surface area contributed by atoms with Crippen molar-refractivity contribution in [3.8, 4) is 0 Å². The quantitative estimate of drug-likeness (QED) is 0.312. The molecule has 0 aromatic heterocycles. The molecular weight excluding hydrogens is 304 g/mol. The maximum absolute atomic E-state index is 12.1. The van der Waals surface area contributed by atoms with Crippen molar-refractivity contribution >= 4 is 11.8 Å². The van der Waals surface area contributed by atoms with Gasteiger partial charge in [0.15, 0.2) is 11.4 Å². The maximum Gasteiger partial charge on any atom is 0.333 e. The lowest BCUT2D eigenvalue weighted by atomic mass is 9.81. The third-order valence-corrected chi connectivity index (χ3v) is 3.53. The van der Waals surface area contributed by atoms with Crippen LogP contribution in [0.15, 0.2) is 12.2 Å². The summed E-state index contributed by atoms with van der Waals surface area (Å²) in [6.07, 6.45) is -4.51. The summed E-state index contributed by atoms with van der Waals surface area (Å²) < 4.78 is 4.69. The second kappa shape index (κ2) is 9.77. The highest BCUT2D eigenvalue weighted by molar-refractivity contribution is 5.88. The number of carbonyl (C=O) groups is 2. The molecule has 0 aliphatic carbocycles. The highest BCUT2D eigenvalue weighted by Gasteiger charge is 2.46. The fraction of sp³-hybridized carbons (Fsp3) is 0.750. The topological polar surface area (TPSA) is 124 Å². The number of Topliss-reactive ketones (excluding diaryl/α,β-unsaturated/α-hetero) is 1. The summed E-state index contributed by atoms with van der Waals surface area (Å²) >= 11 is 0. The lowest BCUT2D eigenvalue weighted by molar-refractivity contribution is -0.179. The van der Waals surface area contributed by atoms with E-state index in [4.69, 9.17) is 4.74 Å². The molecule has 0 saturated carbocycles. The third-order valence-electron chi connectivity index (χ3n) is 3.53. The van der Waals surface area contributed by atoms with Crippen LogP contribution in [0.4, 0.5) is 0 Å². The Kier molecular flexibility index (Phi) is 9.23. The molecule has 0 radical (unpaired) electrons. The second-order valence-corrected chi connectivity index (χ2v) is 5.73. The summed E-state index contributed by atoms with van der Waals surface area (Å²) in [4.78, 5) is 23.3. The van der Waals surface area contributed by atoms with E-state index in [0.717, 1.165) is 0 Å². The van der Waals surface area contributed by atoms with Gasteiger partial charge in [0.25, 0.3) is 0 Å². The van der Waals surface area contributed by atoms with Gasteiger partial charge in [-0.05, 0) is 19.8 Å². The average Bonchev–Trinajstić information content (AvgIpc) is 2.50. The average molecular weight is 332 g/mol. The van der Waals surface area contributed by atoms with Crippen molar-refractivity contribution in [1.82, 2.24) is 0 Å². The summed E-state index contributed by atoms with van der Waals surface area (Å²) in [6, 6.07) is 0. The van der Waals surface area contributed by atoms with Crippen LogP contribution in [0.5, 0.6) is 0 Å². The van der Waals surface area contributed by atoms with Crippen molar-refractivity contribution < 1.29 is 34.8 Å². The van der Waals surface area contributed by atoms with Gasteiger partial charge in [-0.3, -0.25) is 4.79 Å². The Bertz CT molecular complexity index is 421. The number of hydrogen-bond donors (Lipinski definition) is 4. The van der Waals surface area contributed by atoms with Crippen molar-refractivity contribution in [1.29, 1.82) is 0 Å². The van der Waals surface area contributed by atoms with Crippen LogP contribution in [0.1, 0.15) is 46.5 Å². The molecule has 0 saturated heterocycles. The Morgan fingerprint density at radius 1 is 1.17 bits per heavy atom. The molecule has 0 spiro atoms. The van der Waals surface area contributed by atoms with Gasteiger partial charge >= 0.3 is 5.97 Å². The van der Waals surface area contributed by atoms with Crippen LogP contribution in [0.2, 0.25) is 0 Å². The zero-order valence-electron chi connectivity index (χ0n) is 14.0. The molecule has 0 rings (SSSR count). The smallest absolute Gasteiger partial charge is 0.333 e. The maximum atomic E-state index is 12.1. The van der Waals surface area contributed by atoms with Gasteiger partial charge in [-0.1, -0.05) is 26.8 Å². The number of rotatable bonds is 11. The Morgan fingerprint density at radius 2 is 1.74 bits per heavy atom. The first-order valence-corrected chi connectivity index (χ1v) is 7.74. The Hall–Kier alpha value is -1.28. The molecule has 23 heavy (non-hydrogen) atoms. The van der Waals surface area contributed by atoms with Crippen LogP contribution in [0, 0.1) is 0 Å². The molecular formula is C16H28O7. The largest absolute Gasteiger partial charge is 0.459 e. The predicted molar refractivity (Wildman–Crippen MR) is 83.6 cm³/mol. The van der Waals surface area contributed by atoms with Crippen molar-refractivity contribution in [2.24, 2.45) is 0 Å². The molecule has 0 aliphatic rings. The molecule has 0 aliphatic heterocycles. The minimum absolute atomic E-state index is 0.0427. The first-order chi connectivity index (χ1) is 10.6. The van der Waals surface area contributed by atoms with Crippen molar-refractivity contribution in [2.75, 3.05) is 6.61 Å². The molecule has 4 N–H and O–H groups in total.